The van der Waals surface area contributed by atoms with Crippen LogP contribution in [0.3, 0.4) is 0 Å². The van der Waals surface area contributed by atoms with E-state index in [0.29, 0.717) is 6.61 Å². The number of carbonyl (C=O) groups excluding carboxylic acids is 1. The number of allylic oxidation sites excluding steroid dienone is 3. The summed E-state index contributed by atoms with van der Waals surface area (Å²) in [7, 11) is 0. The van der Waals surface area contributed by atoms with Crippen LogP contribution in [0, 0.1) is 5.92 Å². The molecule has 0 unspecified atom stereocenters. The van der Waals surface area contributed by atoms with E-state index in [0.717, 1.165) is 25.7 Å². The molecule has 0 amide bonds. The van der Waals surface area contributed by atoms with Crippen LogP contribution in [-0.2, 0) is 9.53 Å². The molecule has 0 aliphatic rings. The maximum absolute atomic E-state index is 11.6. The van der Waals surface area contributed by atoms with Crippen LogP contribution in [-0.4, -0.2) is 12.6 Å². The average Bonchev–Trinajstić information content (AvgIpc) is 2.30. The number of esters is 1. The Kier molecular flexibility index (Phi) is 9.35. The van der Waals surface area contributed by atoms with Crippen LogP contribution in [0.15, 0.2) is 23.3 Å². The average molecular weight is 252 g/mol. The Morgan fingerprint density at radius 3 is 2.22 bits per heavy atom. The molecule has 2 heteroatoms. The summed E-state index contributed by atoms with van der Waals surface area (Å²) in [5, 5.41) is 0. The van der Waals surface area contributed by atoms with Gasteiger partial charge in [0.15, 0.2) is 0 Å². The molecular formula is C16H28O2. The van der Waals surface area contributed by atoms with Gasteiger partial charge < -0.3 is 4.74 Å². The van der Waals surface area contributed by atoms with Gasteiger partial charge in [0.25, 0.3) is 0 Å². The first-order valence-corrected chi connectivity index (χ1v) is 6.96. The quantitative estimate of drug-likeness (QED) is 0.464. The molecular weight excluding hydrogens is 224 g/mol. The molecule has 104 valence electrons. The second-order valence-electron chi connectivity index (χ2n) is 5.01. The van der Waals surface area contributed by atoms with Gasteiger partial charge in [0.1, 0.15) is 6.61 Å². The van der Waals surface area contributed by atoms with E-state index in [2.05, 4.69) is 26.8 Å². The molecule has 0 spiro atoms. The third kappa shape index (κ3) is 8.10. The van der Waals surface area contributed by atoms with Gasteiger partial charge in [-0.1, -0.05) is 31.1 Å². The fraction of sp³-hybridized carbons (Fsp3) is 0.688. The largest absolute Gasteiger partial charge is 0.461 e. The lowest BCUT2D eigenvalue weighted by molar-refractivity contribution is -0.147. The van der Waals surface area contributed by atoms with Crippen molar-refractivity contribution in [3.63, 3.8) is 0 Å². The van der Waals surface area contributed by atoms with Gasteiger partial charge in [-0.05, 0) is 52.5 Å². The zero-order valence-corrected chi connectivity index (χ0v) is 12.6. The molecule has 0 atom stereocenters. The summed E-state index contributed by atoms with van der Waals surface area (Å²) in [4.78, 5) is 11.6. The Balaban J connectivity index is 3.93. The van der Waals surface area contributed by atoms with Crippen molar-refractivity contribution in [1.82, 2.24) is 0 Å². The molecule has 0 radical (unpaired) electrons. The molecule has 18 heavy (non-hydrogen) atoms. The molecule has 0 fully saturated rings. The van der Waals surface area contributed by atoms with Crippen molar-refractivity contribution in [3.05, 3.63) is 23.3 Å². The predicted molar refractivity (Wildman–Crippen MR) is 77.5 cm³/mol. The van der Waals surface area contributed by atoms with Crippen molar-refractivity contribution in [2.75, 3.05) is 6.61 Å². The summed E-state index contributed by atoms with van der Waals surface area (Å²) in [6.45, 7) is 10.8. The van der Waals surface area contributed by atoms with Gasteiger partial charge in [-0.3, -0.25) is 4.79 Å². The Hall–Kier alpha value is -1.05. The number of carbonyl (C=O) groups is 1. The van der Waals surface area contributed by atoms with E-state index < -0.39 is 0 Å². The highest BCUT2D eigenvalue weighted by atomic mass is 16.5. The van der Waals surface area contributed by atoms with Crippen molar-refractivity contribution in [3.8, 4) is 0 Å². The summed E-state index contributed by atoms with van der Waals surface area (Å²) in [5.41, 5.74) is 2.63. The summed E-state index contributed by atoms with van der Waals surface area (Å²) < 4.78 is 5.25. The van der Waals surface area contributed by atoms with Crippen LogP contribution in [0.5, 0.6) is 0 Å². The monoisotopic (exact) mass is 252 g/mol. The van der Waals surface area contributed by atoms with E-state index in [4.69, 9.17) is 4.74 Å². The molecule has 0 aromatic heterocycles. The number of rotatable bonds is 8. The van der Waals surface area contributed by atoms with E-state index in [1.54, 1.807) is 0 Å². The van der Waals surface area contributed by atoms with E-state index >= 15 is 0 Å². The lowest BCUT2D eigenvalue weighted by Crippen LogP contribution is -2.16. The van der Waals surface area contributed by atoms with Gasteiger partial charge in [0, 0.05) is 0 Å². The summed E-state index contributed by atoms with van der Waals surface area (Å²) >= 11 is 0. The smallest absolute Gasteiger partial charge is 0.309 e. The van der Waals surface area contributed by atoms with E-state index in [1.807, 2.05) is 19.9 Å². The van der Waals surface area contributed by atoms with Crippen molar-refractivity contribution in [2.45, 2.75) is 60.3 Å². The molecule has 0 N–H and O–H groups in total. The van der Waals surface area contributed by atoms with Gasteiger partial charge >= 0.3 is 5.97 Å². The van der Waals surface area contributed by atoms with Gasteiger partial charge in [0.2, 0.25) is 0 Å². The van der Waals surface area contributed by atoms with Crippen molar-refractivity contribution in [2.24, 2.45) is 5.92 Å². The molecule has 0 aromatic rings. The predicted octanol–water partition coefficient (Wildman–Crippen LogP) is 4.66. The molecule has 0 saturated heterocycles. The van der Waals surface area contributed by atoms with Crippen LogP contribution in [0.1, 0.15) is 60.3 Å². The Bertz CT molecular complexity index is 292. The molecule has 0 bridgehead atoms. The zero-order chi connectivity index (χ0) is 14.0. The fourth-order valence-electron chi connectivity index (χ4n) is 1.70. The highest BCUT2D eigenvalue weighted by Crippen LogP contribution is 2.10. The molecule has 0 heterocycles. The standard InChI is InChI=1S/C16H28O2/c1-6-15(7-2)16(17)18-12-11-14(5)10-8-9-13(3)4/h9,11,15H,6-8,10,12H2,1-5H3/b14-11-. The maximum Gasteiger partial charge on any atom is 0.309 e. The van der Waals surface area contributed by atoms with Gasteiger partial charge in [-0.2, -0.15) is 0 Å². The normalized spacial score (nSPS) is 11.6. The lowest BCUT2D eigenvalue weighted by atomic mass is 10.0. The van der Waals surface area contributed by atoms with Crippen LogP contribution in [0.2, 0.25) is 0 Å². The third-order valence-electron chi connectivity index (χ3n) is 3.07. The minimum atomic E-state index is -0.0617. The van der Waals surface area contributed by atoms with Gasteiger partial charge in [-0.25, -0.2) is 0 Å². The Morgan fingerprint density at radius 2 is 1.72 bits per heavy atom. The molecule has 0 rings (SSSR count). The van der Waals surface area contributed by atoms with E-state index in [-0.39, 0.29) is 11.9 Å². The van der Waals surface area contributed by atoms with E-state index in [9.17, 15) is 4.79 Å². The zero-order valence-electron chi connectivity index (χ0n) is 12.6. The summed E-state index contributed by atoms with van der Waals surface area (Å²) in [6, 6.07) is 0. The van der Waals surface area contributed by atoms with Crippen LogP contribution in [0.25, 0.3) is 0 Å². The topological polar surface area (TPSA) is 26.3 Å². The second kappa shape index (κ2) is 9.93. The van der Waals surface area contributed by atoms with Crippen molar-refractivity contribution >= 4 is 5.97 Å². The minimum absolute atomic E-state index is 0.0596. The lowest BCUT2D eigenvalue weighted by Gasteiger charge is -2.10. The maximum atomic E-state index is 11.6. The van der Waals surface area contributed by atoms with E-state index in [1.165, 1.54) is 11.1 Å². The third-order valence-corrected chi connectivity index (χ3v) is 3.07. The Morgan fingerprint density at radius 1 is 1.11 bits per heavy atom. The van der Waals surface area contributed by atoms with Crippen molar-refractivity contribution < 1.29 is 9.53 Å². The summed E-state index contributed by atoms with van der Waals surface area (Å²) in [6.07, 6.45) is 8.06. The number of hydrogen-bond donors (Lipinski definition) is 0. The molecule has 0 saturated carbocycles. The van der Waals surface area contributed by atoms with Crippen LogP contribution in [0.4, 0.5) is 0 Å². The Labute approximate surface area is 112 Å². The fourth-order valence-corrected chi connectivity index (χ4v) is 1.70. The SMILES string of the molecule is CCC(CC)C(=O)OC/C=C(/C)CCC=C(C)C. The van der Waals surface area contributed by atoms with Crippen LogP contribution >= 0.6 is 0 Å². The van der Waals surface area contributed by atoms with Crippen molar-refractivity contribution in [1.29, 1.82) is 0 Å². The highest BCUT2D eigenvalue weighted by Gasteiger charge is 2.14. The first-order chi connectivity index (χ1) is 8.51. The first-order valence-electron chi connectivity index (χ1n) is 6.96. The number of ether oxygens (including phenoxy) is 1. The first kappa shape index (κ1) is 16.9. The molecule has 0 aliphatic heterocycles. The molecule has 0 aliphatic carbocycles. The minimum Gasteiger partial charge on any atom is -0.461 e. The van der Waals surface area contributed by atoms with Gasteiger partial charge in [-0.15, -0.1) is 0 Å². The second-order valence-corrected chi connectivity index (χ2v) is 5.01. The van der Waals surface area contributed by atoms with Gasteiger partial charge in [0.05, 0.1) is 5.92 Å². The molecule has 0 aromatic carbocycles. The summed E-state index contributed by atoms with van der Waals surface area (Å²) in [5.74, 6) is -0.00210. The number of hydrogen-bond acceptors (Lipinski definition) is 2. The van der Waals surface area contributed by atoms with Crippen LogP contribution < -0.4 is 0 Å². The highest BCUT2D eigenvalue weighted by molar-refractivity contribution is 5.72. The molecule has 2 nitrogen and oxygen atoms in total.